The molecule has 2 aliphatic rings. The molecule has 1 saturated carbocycles. The molecule has 5 nitrogen and oxygen atoms in total. The number of ether oxygens (including phenoxy) is 3. The van der Waals surface area contributed by atoms with Gasteiger partial charge in [-0.2, -0.15) is 0 Å². The van der Waals surface area contributed by atoms with Crippen LogP contribution in [0.25, 0.3) is 0 Å². The average molecular weight is 479 g/mol. The van der Waals surface area contributed by atoms with Crippen LogP contribution < -0.4 is 4.74 Å². The maximum Gasteiger partial charge on any atom is 0.303 e. The summed E-state index contributed by atoms with van der Waals surface area (Å²) in [7, 11) is 0. The third kappa shape index (κ3) is 7.18. The van der Waals surface area contributed by atoms with E-state index in [9.17, 15) is 4.79 Å². The van der Waals surface area contributed by atoms with E-state index >= 15 is 0 Å². The summed E-state index contributed by atoms with van der Waals surface area (Å²) in [5.41, 5.74) is 1.56. The molecule has 1 aliphatic heterocycles. The molecular formula is C30H38O5. The van der Waals surface area contributed by atoms with Gasteiger partial charge in [-0.1, -0.05) is 60.7 Å². The lowest BCUT2D eigenvalue weighted by Gasteiger charge is -2.39. The van der Waals surface area contributed by atoms with Crippen LogP contribution in [0, 0.1) is 17.3 Å². The summed E-state index contributed by atoms with van der Waals surface area (Å²) in [6.45, 7) is 2.62. The first-order valence-corrected chi connectivity index (χ1v) is 12.9. The second-order valence-electron chi connectivity index (χ2n) is 9.90. The van der Waals surface area contributed by atoms with Crippen LogP contribution in [0.5, 0.6) is 5.75 Å². The number of aryl methyl sites for hydroxylation is 1. The van der Waals surface area contributed by atoms with Gasteiger partial charge in [-0.15, -0.1) is 0 Å². The van der Waals surface area contributed by atoms with E-state index in [4.69, 9.17) is 19.3 Å². The van der Waals surface area contributed by atoms with Gasteiger partial charge in [0.25, 0.3) is 0 Å². The van der Waals surface area contributed by atoms with Gasteiger partial charge in [-0.3, -0.25) is 4.79 Å². The van der Waals surface area contributed by atoms with Gasteiger partial charge in [0.15, 0.2) is 0 Å². The summed E-state index contributed by atoms with van der Waals surface area (Å²) in [4.78, 5) is 10.8. The molecule has 1 saturated heterocycles. The third-order valence-corrected chi connectivity index (χ3v) is 7.60. The van der Waals surface area contributed by atoms with Crippen LogP contribution in [0.4, 0.5) is 0 Å². The topological polar surface area (TPSA) is 65.0 Å². The van der Waals surface area contributed by atoms with Crippen LogP contribution in [0.2, 0.25) is 0 Å². The number of unbranched alkanes of at least 4 members (excludes halogenated alkanes) is 1. The first kappa shape index (κ1) is 25.5. The second-order valence-corrected chi connectivity index (χ2v) is 9.90. The number of carboxylic acid groups (broad SMARTS) is 1. The van der Waals surface area contributed by atoms with Gasteiger partial charge in [0, 0.05) is 17.8 Å². The minimum atomic E-state index is -0.725. The lowest BCUT2D eigenvalue weighted by molar-refractivity contribution is -0.137. The molecule has 0 amide bonds. The Morgan fingerprint density at radius 2 is 1.83 bits per heavy atom. The molecule has 0 unspecified atom stereocenters. The summed E-state index contributed by atoms with van der Waals surface area (Å²) < 4.78 is 18.2. The molecule has 1 aliphatic carbocycles. The first-order chi connectivity index (χ1) is 17.2. The van der Waals surface area contributed by atoms with Crippen molar-refractivity contribution < 1.29 is 24.1 Å². The zero-order valence-corrected chi connectivity index (χ0v) is 20.5. The standard InChI is InChI=1S/C30H38O5/c31-29(32)16-10-2-1-9-15-27-26(22-33-19-20-34-25-13-7-4-8-14-25)28-21-30(27,23-35-28)18-17-24-11-5-3-6-12-24/h1,3-9,11-14,26-28H,2,10,15-23H2,(H,31,32)/t26-,27-,28-,30-/m1/s1. The van der Waals surface area contributed by atoms with Crippen molar-refractivity contribution in [2.75, 3.05) is 26.4 Å². The molecule has 188 valence electrons. The Hall–Kier alpha value is -2.63. The number of carboxylic acids is 1. The van der Waals surface area contributed by atoms with Crippen LogP contribution >= 0.6 is 0 Å². The largest absolute Gasteiger partial charge is 0.491 e. The van der Waals surface area contributed by atoms with Crippen molar-refractivity contribution in [1.29, 1.82) is 0 Å². The van der Waals surface area contributed by atoms with Crippen LogP contribution in [0.3, 0.4) is 0 Å². The Labute approximate surface area is 209 Å². The summed E-state index contributed by atoms with van der Waals surface area (Å²) in [6.07, 6.45) is 10.7. The van der Waals surface area contributed by atoms with Gasteiger partial charge >= 0.3 is 5.97 Å². The van der Waals surface area contributed by atoms with Crippen molar-refractivity contribution in [3.8, 4) is 5.75 Å². The maximum atomic E-state index is 10.8. The second kappa shape index (κ2) is 12.9. The van der Waals surface area contributed by atoms with E-state index in [1.807, 2.05) is 30.3 Å². The molecule has 5 heteroatoms. The zero-order chi connectivity index (χ0) is 24.3. The number of aliphatic carboxylic acids is 1. The minimum absolute atomic E-state index is 0.181. The molecule has 2 bridgehead atoms. The molecule has 2 aromatic carbocycles. The van der Waals surface area contributed by atoms with Gasteiger partial charge in [-0.25, -0.2) is 0 Å². The lowest BCUT2D eigenvalue weighted by atomic mass is 9.70. The van der Waals surface area contributed by atoms with Gasteiger partial charge in [-0.05, 0) is 62.1 Å². The molecule has 0 spiro atoms. The number of hydrogen-bond acceptors (Lipinski definition) is 4. The lowest BCUT2D eigenvalue weighted by Crippen LogP contribution is -2.39. The van der Waals surface area contributed by atoms with E-state index in [-0.39, 0.29) is 17.9 Å². The fourth-order valence-electron chi connectivity index (χ4n) is 5.77. The SMILES string of the molecule is O=C(O)CCCC=CC[C@@H]1[C@@H](COCCOc2ccccc2)[C@H]2C[C@]1(CCc1ccccc1)CO2. The normalized spacial score (nSPS) is 25.3. The maximum absolute atomic E-state index is 10.8. The Balaban J connectivity index is 1.32. The molecule has 1 N–H and O–H groups in total. The highest BCUT2D eigenvalue weighted by Crippen LogP contribution is 2.57. The number of rotatable bonds is 15. The molecule has 4 rings (SSSR count). The Bertz CT molecular complexity index is 928. The molecule has 0 aromatic heterocycles. The predicted octanol–water partition coefficient (Wildman–Crippen LogP) is 5.94. The van der Waals surface area contributed by atoms with Crippen LogP contribution in [0.15, 0.2) is 72.8 Å². The summed E-state index contributed by atoms with van der Waals surface area (Å²) in [5.74, 6) is 1.03. The van der Waals surface area contributed by atoms with E-state index in [1.165, 1.54) is 5.56 Å². The van der Waals surface area contributed by atoms with Crippen molar-refractivity contribution in [3.05, 3.63) is 78.4 Å². The quantitative estimate of drug-likeness (QED) is 0.254. The molecule has 1 heterocycles. The van der Waals surface area contributed by atoms with Gasteiger partial charge in [0.05, 0.1) is 25.9 Å². The van der Waals surface area contributed by atoms with Gasteiger partial charge < -0.3 is 19.3 Å². The van der Waals surface area contributed by atoms with E-state index in [0.717, 1.165) is 44.5 Å². The third-order valence-electron chi connectivity index (χ3n) is 7.60. The Morgan fingerprint density at radius 1 is 1.06 bits per heavy atom. The molecule has 0 radical (unpaired) electrons. The van der Waals surface area contributed by atoms with Crippen molar-refractivity contribution in [2.45, 2.75) is 51.0 Å². The number of para-hydroxylation sites is 1. The fraction of sp³-hybridized carbons (Fsp3) is 0.500. The summed E-state index contributed by atoms with van der Waals surface area (Å²) in [6, 6.07) is 20.5. The van der Waals surface area contributed by atoms with Crippen molar-refractivity contribution in [3.63, 3.8) is 0 Å². The van der Waals surface area contributed by atoms with Crippen molar-refractivity contribution in [1.82, 2.24) is 0 Å². The van der Waals surface area contributed by atoms with E-state index in [0.29, 0.717) is 38.1 Å². The van der Waals surface area contributed by atoms with Crippen LogP contribution in [0.1, 0.15) is 44.1 Å². The van der Waals surface area contributed by atoms with E-state index < -0.39 is 5.97 Å². The van der Waals surface area contributed by atoms with Gasteiger partial charge in [0.2, 0.25) is 0 Å². The molecular weight excluding hydrogens is 440 g/mol. The molecule has 2 aromatic rings. The van der Waals surface area contributed by atoms with Crippen molar-refractivity contribution in [2.24, 2.45) is 17.3 Å². The van der Waals surface area contributed by atoms with E-state index in [1.54, 1.807) is 0 Å². The number of benzene rings is 2. The molecule has 2 fully saturated rings. The summed E-state index contributed by atoms with van der Waals surface area (Å²) in [5, 5.41) is 8.86. The Morgan fingerprint density at radius 3 is 2.60 bits per heavy atom. The minimum Gasteiger partial charge on any atom is -0.491 e. The first-order valence-electron chi connectivity index (χ1n) is 12.9. The average Bonchev–Trinajstić information content (AvgIpc) is 3.43. The Kier molecular flexibility index (Phi) is 9.38. The zero-order valence-electron chi connectivity index (χ0n) is 20.5. The highest BCUT2D eigenvalue weighted by molar-refractivity contribution is 5.66. The highest BCUT2D eigenvalue weighted by Gasteiger charge is 2.57. The highest BCUT2D eigenvalue weighted by atomic mass is 16.5. The molecule has 35 heavy (non-hydrogen) atoms. The number of fused-ring (bicyclic) bond motifs is 2. The fourth-order valence-corrected chi connectivity index (χ4v) is 5.77. The van der Waals surface area contributed by atoms with Crippen LogP contribution in [-0.4, -0.2) is 43.6 Å². The van der Waals surface area contributed by atoms with Gasteiger partial charge in [0.1, 0.15) is 12.4 Å². The molecule has 4 atom stereocenters. The van der Waals surface area contributed by atoms with Crippen molar-refractivity contribution >= 4 is 5.97 Å². The van der Waals surface area contributed by atoms with E-state index in [2.05, 4.69) is 42.5 Å². The van der Waals surface area contributed by atoms with Crippen LogP contribution in [-0.2, 0) is 20.7 Å². The summed E-state index contributed by atoms with van der Waals surface area (Å²) >= 11 is 0. The smallest absolute Gasteiger partial charge is 0.303 e. The number of carbonyl (C=O) groups is 1. The number of hydrogen-bond donors (Lipinski definition) is 1. The predicted molar refractivity (Wildman–Crippen MR) is 137 cm³/mol. The number of allylic oxidation sites excluding steroid dienone is 2. The monoisotopic (exact) mass is 478 g/mol.